The van der Waals surface area contributed by atoms with E-state index in [0.717, 1.165) is 10.5 Å². The van der Waals surface area contributed by atoms with Gasteiger partial charge in [-0.1, -0.05) is 36.4 Å². The molecular formula is C21H19ClFN3O3. The van der Waals surface area contributed by atoms with E-state index >= 15 is 0 Å². The molecule has 3 heterocycles. The Bertz CT molecular complexity index is 962. The molecule has 1 unspecified atom stereocenters. The van der Waals surface area contributed by atoms with Crippen molar-refractivity contribution in [3.05, 3.63) is 65.1 Å². The van der Waals surface area contributed by atoms with Gasteiger partial charge in [-0.05, 0) is 29.3 Å². The predicted octanol–water partition coefficient (Wildman–Crippen LogP) is 2.91. The van der Waals surface area contributed by atoms with Gasteiger partial charge in [-0.15, -0.1) is 0 Å². The molecule has 0 bridgehead atoms. The van der Waals surface area contributed by atoms with E-state index in [2.05, 4.69) is 11.6 Å². The number of amides is 2. The summed E-state index contributed by atoms with van der Waals surface area (Å²) in [5.41, 5.74) is 1.35. The molecule has 2 fully saturated rings. The fraction of sp³-hybridized carbons (Fsp3) is 0.286. The fourth-order valence-electron chi connectivity index (χ4n) is 3.55. The smallest absolute Gasteiger partial charge is 0.251 e. The number of rotatable bonds is 5. The lowest BCUT2D eigenvalue weighted by atomic mass is 9.92. The van der Waals surface area contributed by atoms with Gasteiger partial charge in [-0.3, -0.25) is 14.5 Å². The number of ether oxygens (including phenoxy) is 1. The van der Waals surface area contributed by atoms with E-state index < -0.39 is 11.9 Å². The third-order valence-corrected chi connectivity index (χ3v) is 5.43. The molecular weight excluding hydrogens is 397 g/mol. The second-order valence-electron chi connectivity index (χ2n) is 7.09. The zero-order valence-electron chi connectivity index (χ0n) is 15.6. The molecule has 1 aromatic carbocycles. The molecule has 1 aromatic heterocycles. The average Bonchev–Trinajstić information content (AvgIpc) is 2.67. The van der Waals surface area contributed by atoms with Crippen LogP contribution in [-0.4, -0.2) is 47.5 Å². The number of hydrogen-bond donors (Lipinski definition) is 0. The van der Waals surface area contributed by atoms with E-state index in [-0.39, 0.29) is 36.6 Å². The van der Waals surface area contributed by atoms with Gasteiger partial charge < -0.3 is 9.64 Å². The number of hydrogen-bond acceptors (Lipinski definition) is 4. The molecule has 0 N–H and O–H groups in total. The van der Waals surface area contributed by atoms with Gasteiger partial charge in [0, 0.05) is 23.7 Å². The van der Waals surface area contributed by atoms with Crippen LogP contribution in [0.15, 0.2) is 43.1 Å². The highest BCUT2D eigenvalue weighted by molar-refractivity contribution is 6.30. The maximum absolute atomic E-state index is 14.6. The molecule has 6 nitrogen and oxygen atoms in total. The average molecular weight is 416 g/mol. The van der Waals surface area contributed by atoms with Crippen molar-refractivity contribution in [2.75, 3.05) is 24.7 Å². The monoisotopic (exact) mass is 415 g/mol. The maximum atomic E-state index is 14.6. The lowest BCUT2D eigenvalue weighted by Gasteiger charge is -2.45. The number of nitrogens with zero attached hydrogens (tertiary/aromatic N) is 3. The quantitative estimate of drug-likeness (QED) is 0.753. The molecule has 2 aliphatic rings. The largest absolute Gasteiger partial charge is 0.380 e. The Morgan fingerprint density at radius 2 is 2.00 bits per heavy atom. The number of carbonyl (C=O) groups is 2. The summed E-state index contributed by atoms with van der Waals surface area (Å²) in [4.78, 5) is 33.0. The van der Waals surface area contributed by atoms with Crippen LogP contribution in [0.2, 0.25) is 5.02 Å². The first-order valence-corrected chi connectivity index (χ1v) is 9.56. The Labute approximate surface area is 172 Å². The van der Waals surface area contributed by atoms with E-state index in [4.69, 9.17) is 16.3 Å². The zero-order chi connectivity index (χ0) is 20.5. The third-order valence-electron chi connectivity index (χ3n) is 5.18. The summed E-state index contributed by atoms with van der Waals surface area (Å²) in [6.45, 7) is 4.33. The first-order chi connectivity index (χ1) is 14.0. The topological polar surface area (TPSA) is 62.7 Å². The number of benzene rings is 1. The molecule has 29 heavy (non-hydrogen) atoms. The summed E-state index contributed by atoms with van der Waals surface area (Å²) in [6, 6.07) is 7.62. The van der Waals surface area contributed by atoms with Crippen molar-refractivity contribution in [2.45, 2.75) is 12.6 Å². The second kappa shape index (κ2) is 7.93. The Balaban J connectivity index is 1.65. The normalized spacial score (nSPS) is 20.0. The lowest BCUT2D eigenvalue weighted by Crippen LogP contribution is -2.65. The standard InChI is InChI=1S/C21H19ClFN3O3/c1-2-13-7-17(23)20(24-8-13)26-10-18(27)25(9-14-3-5-16(22)6-4-14)19(21(26)28)15-11-29-12-15/h2-8,15,19H,1,9-12H2. The first-order valence-electron chi connectivity index (χ1n) is 9.19. The number of pyridine rings is 1. The molecule has 2 aromatic rings. The minimum atomic E-state index is -0.735. The minimum Gasteiger partial charge on any atom is -0.380 e. The van der Waals surface area contributed by atoms with Crippen LogP contribution < -0.4 is 4.90 Å². The number of piperazine rings is 1. The highest BCUT2D eigenvalue weighted by Gasteiger charge is 2.47. The summed E-state index contributed by atoms with van der Waals surface area (Å²) in [6.07, 6.45) is 2.89. The zero-order valence-corrected chi connectivity index (χ0v) is 16.3. The van der Waals surface area contributed by atoms with Crippen LogP contribution in [-0.2, 0) is 20.9 Å². The van der Waals surface area contributed by atoms with Crippen molar-refractivity contribution in [3.8, 4) is 0 Å². The Morgan fingerprint density at radius 1 is 1.28 bits per heavy atom. The number of carbonyl (C=O) groups excluding carboxylic acids is 2. The first kappa shape index (κ1) is 19.5. The minimum absolute atomic E-state index is 0.142. The van der Waals surface area contributed by atoms with E-state index in [1.165, 1.54) is 18.3 Å². The fourth-order valence-corrected chi connectivity index (χ4v) is 3.68. The van der Waals surface area contributed by atoms with Gasteiger partial charge in [0.25, 0.3) is 5.91 Å². The van der Waals surface area contributed by atoms with Gasteiger partial charge in [0.2, 0.25) is 5.91 Å². The van der Waals surface area contributed by atoms with Gasteiger partial charge in [-0.2, -0.15) is 0 Å². The van der Waals surface area contributed by atoms with Gasteiger partial charge in [0.05, 0.1) is 13.2 Å². The lowest BCUT2D eigenvalue weighted by molar-refractivity contribution is -0.155. The SMILES string of the molecule is C=Cc1cnc(N2CC(=O)N(Cc3ccc(Cl)cc3)C(C3COC3)C2=O)c(F)c1. The maximum Gasteiger partial charge on any atom is 0.251 e. The molecule has 2 saturated heterocycles. The van der Waals surface area contributed by atoms with E-state index in [1.807, 2.05) is 12.1 Å². The Morgan fingerprint density at radius 3 is 2.59 bits per heavy atom. The Hall–Kier alpha value is -2.77. The number of halogens is 2. The summed E-state index contributed by atoms with van der Waals surface area (Å²) in [5, 5.41) is 0.592. The summed E-state index contributed by atoms with van der Waals surface area (Å²) < 4.78 is 19.8. The molecule has 2 aliphatic heterocycles. The van der Waals surface area contributed by atoms with Gasteiger partial charge in [0.1, 0.15) is 12.6 Å². The summed E-state index contributed by atoms with van der Waals surface area (Å²) >= 11 is 5.93. The Kier molecular flexibility index (Phi) is 5.34. The van der Waals surface area contributed by atoms with Gasteiger partial charge in [-0.25, -0.2) is 9.37 Å². The molecule has 1 atom stereocenters. The van der Waals surface area contributed by atoms with Crippen LogP contribution in [0.3, 0.4) is 0 Å². The van der Waals surface area contributed by atoms with Crippen LogP contribution >= 0.6 is 11.6 Å². The molecule has 2 amide bonds. The van der Waals surface area contributed by atoms with E-state index in [9.17, 15) is 14.0 Å². The molecule has 150 valence electrons. The molecule has 4 rings (SSSR count). The van der Waals surface area contributed by atoms with Crippen molar-refractivity contribution < 1.29 is 18.7 Å². The highest BCUT2D eigenvalue weighted by Crippen LogP contribution is 2.30. The molecule has 0 spiro atoms. The van der Waals surface area contributed by atoms with Crippen molar-refractivity contribution in [2.24, 2.45) is 5.92 Å². The highest BCUT2D eigenvalue weighted by atomic mass is 35.5. The third kappa shape index (κ3) is 3.75. The van der Waals surface area contributed by atoms with Crippen molar-refractivity contribution >= 4 is 35.3 Å². The van der Waals surface area contributed by atoms with Crippen molar-refractivity contribution in [3.63, 3.8) is 0 Å². The van der Waals surface area contributed by atoms with Crippen LogP contribution in [0.25, 0.3) is 6.08 Å². The number of anilines is 1. The van der Waals surface area contributed by atoms with Crippen molar-refractivity contribution in [1.82, 2.24) is 9.88 Å². The molecule has 0 saturated carbocycles. The second-order valence-corrected chi connectivity index (χ2v) is 7.53. The summed E-state index contributed by atoms with van der Waals surface area (Å²) in [7, 11) is 0. The van der Waals surface area contributed by atoms with E-state index in [0.29, 0.717) is 23.8 Å². The molecule has 0 aliphatic carbocycles. The van der Waals surface area contributed by atoms with Gasteiger partial charge >= 0.3 is 0 Å². The van der Waals surface area contributed by atoms with Gasteiger partial charge in [0.15, 0.2) is 11.6 Å². The number of aromatic nitrogens is 1. The van der Waals surface area contributed by atoms with Crippen LogP contribution in [0.5, 0.6) is 0 Å². The molecule has 8 heteroatoms. The summed E-state index contributed by atoms with van der Waals surface area (Å²) in [5.74, 6) is -1.59. The van der Waals surface area contributed by atoms with E-state index in [1.54, 1.807) is 17.0 Å². The molecule has 0 radical (unpaired) electrons. The predicted molar refractivity (Wildman–Crippen MR) is 107 cm³/mol. The van der Waals surface area contributed by atoms with Crippen LogP contribution in [0.1, 0.15) is 11.1 Å². The van der Waals surface area contributed by atoms with Crippen LogP contribution in [0, 0.1) is 11.7 Å². The van der Waals surface area contributed by atoms with Crippen molar-refractivity contribution in [1.29, 1.82) is 0 Å². The van der Waals surface area contributed by atoms with Crippen LogP contribution in [0.4, 0.5) is 10.2 Å².